The van der Waals surface area contributed by atoms with Crippen LogP contribution in [0.4, 0.5) is 10.1 Å². The molecule has 1 atom stereocenters. The molecule has 1 aliphatic heterocycles. The van der Waals surface area contributed by atoms with E-state index in [4.69, 9.17) is 23.2 Å². The van der Waals surface area contributed by atoms with Crippen LogP contribution < -0.4 is 4.90 Å². The lowest BCUT2D eigenvalue weighted by molar-refractivity contribution is -0.115. The minimum absolute atomic E-state index is 0.138. The molecule has 0 aromatic heterocycles. The average molecular weight is 342 g/mol. The third-order valence-corrected chi connectivity index (χ3v) is 4.96. The van der Waals surface area contributed by atoms with Gasteiger partial charge in [-0.2, -0.15) is 0 Å². The molecule has 1 heterocycles. The highest BCUT2D eigenvalue weighted by Gasteiger charge is 2.36. The summed E-state index contributed by atoms with van der Waals surface area (Å²) in [5, 5.41) is 0.644. The van der Waals surface area contributed by atoms with Crippen molar-refractivity contribution in [2.75, 3.05) is 10.7 Å². The van der Waals surface area contributed by atoms with Gasteiger partial charge in [-0.15, -0.1) is 11.8 Å². The summed E-state index contributed by atoms with van der Waals surface area (Å²) in [6, 6.07) is 11.3. The lowest BCUT2D eigenvalue weighted by Crippen LogP contribution is -2.28. The van der Waals surface area contributed by atoms with Crippen molar-refractivity contribution in [1.82, 2.24) is 0 Å². The van der Waals surface area contributed by atoms with Crippen molar-refractivity contribution in [2.45, 2.75) is 5.37 Å². The van der Waals surface area contributed by atoms with Gasteiger partial charge in [0.2, 0.25) is 5.91 Å². The first-order valence-corrected chi connectivity index (χ1v) is 8.01. The van der Waals surface area contributed by atoms with E-state index < -0.39 is 5.82 Å². The number of rotatable bonds is 2. The number of halogens is 3. The number of hydrogen-bond acceptors (Lipinski definition) is 2. The normalized spacial score (nSPS) is 18.3. The van der Waals surface area contributed by atoms with E-state index >= 15 is 0 Å². The van der Waals surface area contributed by atoms with E-state index in [0.717, 1.165) is 5.56 Å². The van der Waals surface area contributed by atoms with Crippen LogP contribution in [-0.4, -0.2) is 11.7 Å². The Morgan fingerprint density at radius 2 is 1.95 bits per heavy atom. The molecule has 0 unspecified atom stereocenters. The standard InChI is InChI=1S/C15H10Cl2FNOS/c16-9-5-6-10(11(17)7-9)15-19(14(20)8-21-15)13-4-2-1-3-12(13)18/h1-7,15H,8H2/t15-/m1/s1. The van der Waals surface area contributed by atoms with Gasteiger partial charge in [-0.1, -0.05) is 41.4 Å². The molecule has 0 N–H and O–H groups in total. The molecule has 2 aromatic carbocycles. The smallest absolute Gasteiger partial charge is 0.238 e. The number of carbonyl (C=O) groups excluding carboxylic acids is 1. The van der Waals surface area contributed by atoms with Crippen LogP contribution in [0.15, 0.2) is 42.5 Å². The molecule has 0 aliphatic carbocycles. The van der Waals surface area contributed by atoms with Crippen LogP contribution in [0.1, 0.15) is 10.9 Å². The van der Waals surface area contributed by atoms with Gasteiger partial charge in [0.05, 0.1) is 11.4 Å². The number of benzene rings is 2. The number of amides is 1. The van der Waals surface area contributed by atoms with E-state index in [1.807, 2.05) is 0 Å². The maximum atomic E-state index is 14.0. The number of para-hydroxylation sites is 1. The van der Waals surface area contributed by atoms with Gasteiger partial charge >= 0.3 is 0 Å². The summed E-state index contributed by atoms with van der Waals surface area (Å²) in [7, 11) is 0. The number of thioether (sulfide) groups is 1. The number of carbonyl (C=O) groups is 1. The van der Waals surface area contributed by atoms with Crippen molar-refractivity contribution in [3.63, 3.8) is 0 Å². The predicted molar refractivity (Wildman–Crippen MR) is 85.5 cm³/mol. The maximum Gasteiger partial charge on any atom is 0.238 e. The Hall–Kier alpha value is -1.23. The van der Waals surface area contributed by atoms with E-state index in [-0.39, 0.29) is 22.7 Å². The van der Waals surface area contributed by atoms with Gasteiger partial charge in [-0.3, -0.25) is 9.69 Å². The van der Waals surface area contributed by atoms with E-state index in [2.05, 4.69) is 0 Å². The van der Waals surface area contributed by atoms with Crippen LogP contribution in [0.3, 0.4) is 0 Å². The summed E-state index contributed by atoms with van der Waals surface area (Å²) in [5.41, 5.74) is 1.02. The molecule has 0 saturated carbocycles. The maximum absolute atomic E-state index is 14.0. The Balaban J connectivity index is 2.06. The van der Waals surface area contributed by atoms with Crippen LogP contribution in [0.2, 0.25) is 10.0 Å². The molecule has 2 nitrogen and oxygen atoms in total. The lowest BCUT2D eigenvalue weighted by atomic mass is 10.2. The highest BCUT2D eigenvalue weighted by Crippen LogP contribution is 2.44. The highest BCUT2D eigenvalue weighted by atomic mass is 35.5. The molecule has 1 fully saturated rings. The summed E-state index contributed by atoms with van der Waals surface area (Å²) in [6.45, 7) is 0. The van der Waals surface area contributed by atoms with E-state index in [9.17, 15) is 9.18 Å². The summed E-state index contributed by atoms with van der Waals surface area (Å²) in [5.74, 6) is -0.276. The zero-order valence-electron chi connectivity index (χ0n) is 10.7. The summed E-state index contributed by atoms with van der Waals surface area (Å²) < 4.78 is 14.0. The zero-order valence-corrected chi connectivity index (χ0v) is 13.1. The number of nitrogens with zero attached hydrogens (tertiary/aromatic N) is 1. The van der Waals surface area contributed by atoms with Crippen molar-refractivity contribution in [3.05, 3.63) is 63.9 Å². The second-order valence-electron chi connectivity index (χ2n) is 4.54. The fourth-order valence-corrected chi connectivity index (χ4v) is 4.04. The van der Waals surface area contributed by atoms with Crippen molar-refractivity contribution in [3.8, 4) is 0 Å². The first-order chi connectivity index (χ1) is 10.1. The first-order valence-electron chi connectivity index (χ1n) is 6.21. The minimum Gasteiger partial charge on any atom is -0.292 e. The molecule has 0 radical (unpaired) electrons. The highest BCUT2D eigenvalue weighted by molar-refractivity contribution is 8.00. The van der Waals surface area contributed by atoms with Crippen molar-refractivity contribution < 1.29 is 9.18 Å². The Bertz CT molecular complexity index is 710. The second kappa shape index (κ2) is 5.87. The molecule has 21 heavy (non-hydrogen) atoms. The van der Waals surface area contributed by atoms with Gasteiger partial charge in [-0.25, -0.2) is 4.39 Å². The Morgan fingerprint density at radius 1 is 1.19 bits per heavy atom. The Kier molecular flexibility index (Phi) is 4.11. The fourth-order valence-electron chi connectivity index (χ4n) is 2.26. The predicted octanol–water partition coefficient (Wildman–Crippen LogP) is 4.91. The summed E-state index contributed by atoms with van der Waals surface area (Å²) >= 11 is 13.5. The van der Waals surface area contributed by atoms with Gasteiger partial charge < -0.3 is 0 Å². The van der Waals surface area contributed by atoms with Crippen LogP contribution in [0, 0.1) is 5.82 Å². The number of hydrogen-bond donors (Lipinski definition) is 0. The molecule has 0 bridgehead atoms. The summed E-state index contributed by atoms with van der Waals surface area (Å²) in [4.78, 5) is 13.6. The SMILES string of the molecule is O=C1CS[C@H](c2ccc(Cl)cc2Cl)N1c1ccccc1F. The van der Waals surface area contributed by atoms with Gasteiger partial charge in [0.1, 0.15) is 11.2 Å². The Morgan fingerprint density at radius 3 is 2.67 bits per heavy atom. The molecule has 1 amide bonds. The van der Waals surface area contributed by atoms with Crippen molar-refractivity contribution >= 4 is 46.6 Å². The van der Waals surface area contributed by atoms with Crippen LogP contribution in [0.5, 0.6) is 0 Å². The molecule has 1 saturated heterocycles. The van der Waals surface area contributed by atoms with Crippen LogP contribution in [0.25, 0.3) is 0 Å². The van der Waals surface area contributed by atoms with Gasteiger partial charge in [0.15, 0.2) is 0 Å². The first kappa shape index (κ1) is 14.7. The largest absolute Gasteiger partial charge is 0.292 e. The third-order valence-electron chi connectivity index (χ3n) is 3.21. The summed E-state index contributed by atoms with van der Waals surface area (Å²) in [6.07, 6.45) is 0. The third kappa shape index (κ3) is 2.76. The quantitative estimate of drug-likeness (QED) is 0.773. The molecule has 1 aliphatic rings. The van der Waals surface area contributed by atoms with Gasteiger partial charge in [-0.05, 0) is 24.3 Å². The van der Waals surface area contributed by atoms with Gasteiger partial charge in [0, 0.05) is 15.6 Å². The van der Waals surface area contributed by atoms with E-state index in [1.165, 1.54) is 22.7 Å². The van der Waals surface area contributed by atoms with Gasteiger partial charge in [0.25, 0.3) is 0 Å². The monoisotopic (exact) mass is 341 g/mol. The minimum atomic E-state index is -0.427. The lowest BCUT2D eigenvalue weighted by Gasteiger charge is -2.25. The molecule has 0 spiro atoms. The number of anilines is 1. The molecular formula is C15H10Cl2FNOS. The van der Waals surface area contributed by atoms with Crippen LogP contribution in [-0.2, 0) is 4.79 Å². The van der Waals surface area contributed by atoms with Crippen LogP contribution >= 0.6 is 35.0 Å². The zero-order chi connectivity index (χ0) is 15.0. The van der Waals surface area contributed by atoms with E-state index in [0.29, 0.717) is 10.0 Å². The van der Waals surface area contributed by atoms with E-state index in [1.54, 1.807) is 36.4 Å². The molecular weight excluding hydrogens is 332 g/mol. The molecule has 2 aromatic rings. The topological polar surface area (TPSA) is 20.3 Å². The second-order valence-corrected chi connectivity index (χ2v) is 6.46. The molecule has 6 heteroatoms. The molecule has 108 valence electrons. The Labute approximate surface area is 135 Å². The van der Waals surface area contributed by atoms with Crippen molar-refractivity contribution in [2.24, 2.45) is 0 Å². The average Bonchev–Trinajstić information content (AvgIpc) is 2.81. The van der Waals surface area contributed by atoms with Crippen molar-refractivity contribution in [1.29, 1.82) is 0 Å². The molecule has 3 rings (SSSR count). The fraction of sp³-hybridized carbons (Fsp3) is 0.133.